The second kappa shape index (κ2) is 15.2. The van der Waals surface area contributed by atoms with Gasteiger partial charge in [0.1, 0.15) is 12.1 Å². The first-order valence-electron chi connectivity index (χ1n) is 17.4. The van der Waals surface area contributed by atoms with Crippen molar-refractivity contribution in [2.45, 2.75) is 129 Å². The Kier molecular flexibility index (Phi) is 11.7. The minimum atomic E-state index is -1.09. The van der Waals surface area contributed by atoms with Crippen molar-refractivity contribution >= 4 is 29.5 Å². The van der Waals surface area contributed by atoms with Crippen molar-refractivity contribution in [1.29, 1.82) is 0 Å². The summed E-state index contributed by atoms with van der Waals surface area (Å²) in [5.74, 6) is -2.69. The summed E-state index contributed by atoms with van der Waals surface area (Å²) in [5, 5.41) is 20.3. The lowest BCUT2D eigenvalue weighted by molar-refractivity contribution is -0.144. The fourth-order valence-electron chi connectivity index (χ4n) is 7.41. The van der Waals surface area contributed by atoms with Gasteiger partial charge in [0, 0.05) is 13.0 Å². The standard InChI is InChI=1S/C36H55N5O6/c1-22(2)25-16-19-41(28(25)32(45)38-26(20-24-14-15-24)29(43)31(37)44)33(46)30(35(3,4)5)39-34(47)40-36(17-10-7-11-18-36)27(42)21-23-12-8-6-9-13-23/h6,8-9,12-13,22,24-28,30,42H,7,10-11,14-21H2,1-5H3,(H2,37,44)(H,38,45)(H2,39,40,47)/t25-,26?,27?,28+,30-/m1/s1. The number of amides is 5. The van der Waals surface area contributed by atoms with Crippen molar-refractivity contribution < 1.29 is 29.1 Å². The lowest BCUT2D eigenvalue weighted by Crippen LogP contribution is -2.65. The highest BCUT2D eigenvalue weighted by molar-refractivity contribution is 6.37. The highest BCUT2D eigenvalue weighted by Gasteiger charge is 2.48. The fraction of sp³-hybridized carbons (Fsp3) is 0.694. The van der Waals surface area contributed by atoms with Gasteiger partial charge in [0.2, 0.25) is 17.6 Å². The first-order chi connectivity index (χ1) is 22.1. The van der Waals surface area contributed by atoms with E-state index >= 15 is 0 Å². The number of nitrogens with one attached hydrogen (secondary N) is 3. The average Bonchev–Trinajstić information content (AvgIpc) is 3.72. The van der Waals surface area contributed by atoms with E-state index in [9.17, 15) is 29.1 Å². The summed E-state index contributed by atoms with van der Waals surface area (Å²) in [7, 11) is 0. The number of carbonyl (C=O) groups is 5. The first-order valence-corrected chi connectivity index (χ1v) is 17.4. The zero-order valence-electron chi connectivity index (χ0n) is 28.7. The molecule has 0 spiro atoms. The second-order valence-electron chi connectivity index (χ2n) is 15.5. The van der Waals surface area contributed by atoms with Gasteiger partial charge in [-0.05, 0) is 54.4 Å². The summed E-state index contributed by atoms with van der Waals surface area (Å²) in [6.45, 7) is 9.88. The van der Waals surface area contributed by atoms with Gasteiger partial charge in [-0.2, -0.15) is 0 Å². The number of ketones is 1. The fourth-order valence-corrected chi connectivity index (χ4v) is 7.41. The Hall–Kier alpha value is -3.47. The van der Waals surface area contributed by atoms with Crippen molar-refractivity contribution in [3.05, 3.63) is 35.9 Å². The van der Waals surface area contributed by atoms with Crippen LogP contribution in [0.3, 0.4) is 0 Å². The van der Waals surface area contributed by atoms with Crippen molar-refractivity contribution in [2.75, 3.05) is 6.54 Å². The van der Waals surface area contributed by atoms with Crippen LogP contribution in [0.1, 0.15) is 98.0 Å². The van der Waals surface area contributed by atoms with E-state index in [0.29, 0.717) is 38.6 Å². The van der Waals surface area contributed by atoms with Crippen molar-refractivity contribution in [2.24, 2.45) is 28.9 Å². The number of urea groups is 1. The topological polar surface area (TPSA) is 171 Å². The molecule has 3 fully saturated rings. The van der Waals surface area contributed by atoms with Crippen molar-refractivity contribution in [1.82, 2.24) is 20.9 Å². The Morgan fingerprint density at radius 1 is 0.979 bits per heavy atom. The maximum absolute atomic E-state index is 14.4. The van der Waals surface area contributed by atoms with Crippen LogP contribution < -0.4 is 21.7 Å². The number of carbonyl (C=O) groups excluding carboxylic acids is 5. The molecule has 3 aliphatic rings. The lowest BCUT2D eigenvalue weighted by Gasteiger charge is -2.43. The lowest BCUT2D eigenvalue weighted by atomic mass is 9.76. The number of rotatable bonds is 13. The van der Waals surface area contributed by atoms with Gasteiger partial charge in [0.05, 0.1) is 17.7 Å². The molecule has 2 unspecified atom stereocenters. The Bertz CT molecular complexity index is 1280. The molecule has 47 heavy (non-hydrogen) atoms. The number of benzene rings is 1. The minimum absolute atomic E-state index is 0.0545. The molecule has 5 amide bonds. The third kappa shape index (κ3) is 9.12. The Labute approximate surface area is 279 Å². The molecule has 11 nitrogen and oxygen atoms in total. The van der Waals surface area contributed by atoms with Gasteiger partial charge < -0.3 is 31.7 Å². The molecule has 1 aromatic carbocycles. The maximum atomic E-state index is 14.4. The largest absolute Gasteiger partial charge is 0.390 e. The van der Waals surface area contributed by atoms with Crippen LogP contribution in [0, 0.1) is 23.2 Å². The van der Waals surface area contributed by atoms with E-state index in [0.717, 1.165) is 37.7 Å². The summed E-state index contributed by atoms with van der Waals surface area (Å²) in [5.41, 5.74) is 4.73. The molecular formula is C36H55N5O6. The number of aliphatic hydroxyl groups is 1. The molecule has 1 aromatic rings. The molecule has 1 aliphatic heterocycles. The number of aliphatic hydroxyl groups excluding tert-OH is 1. The van der Waals surface area contributed by atoms with Gasteiger partial charge in [0.15, 0.2) is 0 Å². The first kappa shape index (κ1) is 36.4. The Balaban J connectivity index is 1.53. The van der Waals surface area contributed by atoms with E-state index in [1.807, 2.05) is 65.0 Å². The number of nitrogens with two attached hydrogens (primary N) is 1. The average molecular weight is 654 g/mol. The number of primary amides is 1. The molecule has 0 bridgehead atoms. The van der Waals surface area contributed by atoms with E-state index in [4.69, 9.17) is 5.73 Å². The summed E-state index contributed by atoms with van der Waals surface area (Å²) >= 11 is 0. The zero-order valence-corrected chi connectivity index (χ0v) is 28.7. The van der Waals surface area contributed by atoms with Crippen molar-refractivity contribution in [3.8, 4) is 0 Å². The van der Waals surface area contributed by atoms with Crippen LogP contribution in [0.25, 0.3) is 0 Å². The number of Topliss-reactive ketones (excluding diaryl/α,β-unsaturated/α-hetero) is 1. The third-order valence-electron chi connectivity index (χ3n) is 10.4. The molecular weight excluding hydrogens is 598 g/mol. The number of nitrogens with zero attached hydrogens (tertiary/aromatic N) is 1. The predicted molar refractivity (Wildman–Crippen MR) is 179 cm³/mol. The maximum Gasteiger partial charge on any atom is 0.315 e. The molecule has 1 heterocycles. The van der Waals surface area contributed by atoms with Crippen LogP contribution in [0.4, 0.5) is 4.79 Å². The van der Waals surface area contributed by atoms with Crippen LogP contribution in [0.5, 0.6) is 0 Å². The summed E-state index contributed by atoms with van der Waals surface area (Å²) in [6, 6.07) is 6.26. The molecule has 260 valence electrons. The van der Waals surface area contributed by atoms with E-state index < -0.39 is 64.7 Å². The predicted octanol–water partition coefficient (Wildman–Crippen LogP) is 3.22. The smallest absolute Gasteiger partial charge is 0.315 e. The normalized spacial score (nSPS) is 23.0. The van der Waals surface area contributed by atoms with Gasteiger partial charge in [-0.15, -0.1) is 0 Å². The van der Waals surface area contributed by atoms with Gasteiger partial charge in [-0.3, -0.25) is 19.2 Å². The number of hydrogen-bond acceptors (Lipinski definition) is 6. The van der Waals surface area contributed by atoms with Gasteiger partial charge in [-0.1, -0.05) is 97.1 Å². The molecule has 2 aliphatic carbocycles. The minimum Gasteiger partial charge on any atom is -0.390 e. The Morgan fingerprint density at radius 3 is 2.17 bits per heavy atom. The highest BCUT2D eigenvalue weighted by Crippen LogP contribution is 2.36. The summed E-state index contributed by atoms with van der Waals surface area (Å²) in [4.78, 5) is 68.0. The quantitative estimate of drug-likeness (QED) is 0.205. The van der Waals surface area contributed by atoms with Crippen LogP contribution in [0.2, 0.25) is 0 Å². The van der Waals surface area contributed by atoms with Gasteiger partial charge >= 0.3 is 6.03 Å². The third-order valence-corrected chi connectivity index (χ3v) is 10.4. The molecule has 6 N–H and O–H groups in total. The molecule has 2 saturated carbocycles. The molecule has 0 radical (unpaired) electrons. The van der Waals surface area contributed by atoms with Gasteiger partial charge in [0.25, 0.3) is 5.91 Å². The highest BCUT2D eigenvalue weighted by atomic mass is 16.3. The van der Waals surface area contributed by atoms with E-state index in [2.05, 4.69) is 16.0 Å². The molecule has 11 heteroatoms. The molecule has 5 atom stereocenters. The zero-order chi connectivity index (χ0) is 34.5. The van der Waals surface area contributed by atoms with Gasteiger partial charge in [-0.25, -0.2) is 4.79 Å². The second-order valence-corrected chi connectivity index (χ2v) is 15.5. The number of likely N-dealkylation sites (tertiary alicyclic amines) is 1. The summed E-state index contributed by atoms with van der Waals surface area (Å²) in [6.07, 6.45) is 6.35. The van der Waals surface area contributed by atoms with Crippen molar-refractivity contribution in [3.63, 3.8) is 0 Å². The van der Waals surface area contributed by atoms with E-state index in [1.165, 1.54) is 4.90 Å². The molecule has 0 aromatic heterocycles. The summed E-state index contributed by atoms with van der Waals surface area (Å²) < 4.78 is 0. The van der Waals surface area contributed by atoms with E-state index in [-0.39, 0.29) is 17.8 Å². The van der Waals surface area contributed by atoms with Crippen LogP contribution >= 0.6 is 0 Å². The monoisotopic (exact) mass is 653 g/mol. The molecule has 1 saturated heterocycles. The Morgan fingerprint density at radius 2 is 1.62 bits per heavy atom. The number of hydrogen-bond donors (Lipinski definition) is 5. The SMILES string of the molecule is CC(C)[C@H]1CCN(C(=O)[C@@H](NC(=O)NC2(C(O)Cc3ccccc3)CCCCC2)C(C)(C)C)[C@@H]1C(=O)NC(CC1CC1)C(=O)C(N)=O. The van der Waals surface area contributed by atoms with Crippen LogP contribution in [0.15, 0.2) is 30.3 Å². The van der Waals surface area contributed by atoms with Crippen LogP contribution in [-0.4, -0.2) is 75.9 Å². The van der Waals surface area contributed by atoms with E-state index in [1.54, 1.807) is 0 Å². The molecule has 4 rings (SSSR count). The van der Waals surface area contributed by atoms with Crippen LogP contribution in [-0.2, 0) is 25.6 Å².